The van der Waals surface area contributed by atoms with Crippen LogP contribution >= 0.6 is 34.7 Å². The normalized spacial score (nSPS) is 13.0. The van der Waals surface area contributed by atoms with Crippen LogP contribution in [0.25, 0.3) is 10.2 Å². The molecule has 0 aliphatic heterocycles. The SMILES string of the molecule is C=CCn1c(SCC(=O)Nc2ccc([N+](=O)[O-])cc2Cl)nc2sc3c(c2c1=O)CCCC3. The molecule has 8 nitrogen and oxygen atoms in total. The molecule has 1 aromatic carbocycles. The van der Waals surface area contributed by atoms with Gasteiger partial charge < -0.3 is 5.32 Å². The van der Waals surface area contributed by atoms with E-state index in [1.54, 1.807) is 22.0 Å². The fraction of sp³-hybridized carbons (Fsp3) is 0.286. The molecule has 4 rings (SSSR count). The number of thiophene rings is 1. The molecule has 0 saturated heterocycles. The summed E-state index contributed by atoms with van der Waals surface area (Å²) >= 11 is 8.75. The summed E-state index contributed by atoms with van der Waals surface area (Å²) in [6.45, 7) is 4.03. The highest BCUT2D eigenvalue weighted by atomic mass is 35.5. The van der Waals surface area contributed by atoms with Crippen molar-refractivity contribution in [2.45, 2.75) is 37.4 Å². The topological polar surface area (TPSA) is 107 Å². The Labute approximate surface area is 196 Å². The molecule has 2 heterocycles. The predicted molar refractivity (Wildman–Crippen MR) is 128 cm³/mol. The largest absolute Gasteiger partial charge is 0.324 e. The lowest BCUT2D eigenvalue weighted by molar-refractivity contribution is -0.384. The number of hydrogen-bond donors (Lipinski definition) is 1. The number of nitrogens with zero attached hydrogens (tertiary/aromatic N) is 3. The highest BCUT2D eigenvalue weighted by Crippen LogP contribution is 2.35. The lowest BCUT2D eigenvalue weighted by Gasteiger charge is -2.12. The molecule has 2 aromatic heterocycles. The molecular weight excluding hydrogens is 472 g/mol. The van der Waals surface area contributed by atoms with Crippen LogP contribution in [0.5, 0.6) is 0 Å². The number of allylic oxidation sites excluding steroid dienone is 1. The molecule has 0 bridgehead atoms. The molecule has 0 saturated carbocycles. The summed E-state index contributed by atoms with van der Waals surface area (Å²) in [5.74, 6) is -0.372. The molecule has 32 heavy (non-hydrogen) atoms. The van der Waals surface area contributed by atoms with Crippen LogP contribution in [0, 0.1) is 10.1 Å². The van der Waals surface area contributed by atoms with Crippen molar-refractivity contribution in [1.82, 2.24) is 9.55 Å². The summed E-state index contributed by atoms with van der Waals surface area (Å²) < 4.78 is 1.55. The van der Waals surface area contributed by atoms with Gasteiger partial charge in [-0.1, -0.05) is 29.4 Å². The standard InChI is InChI=1S/C21H19ClN4O4S2/c1-2-9-25-20(28)18-13-5-3-4-6-16(13)32-19(18)24-21(25)31-11-17(27)23-15-8-7-12(26(29)30)10-14(15)22/h2,7-8,10H,1,3-6,9,11H2,(H,23,27). The van der Waals surface area contributed by atoms with Gasteiger partial charge in [0.25, 0.3) is 11.2 Å². The Morgan fingerprint density at radius 2 is 2.19 bits per heavy atom. The molecule has 0 atom stereocenters. The summed E-state index contributed by atoms with van der Waals surface area (Å²) in [6.07, 6.45) is 5.69. The number of rotatable bonds is 7. The van der Waals surface area contributed by atoms with Gasteiger partial charge in [0.05, 0.1) is 26.8 Å². The molecule has 1 N–H and O–H groups in total. The Morgan fingerprint density at radius 1 is 1.41 bits per heavy atom. The van der Waals surface area contributed by atoms with Gasteiger partial charge in [0.2, 0.25) is 5.91 Å². The number of halogens is 1. The Kier molecular flexibility index (Phi) is 6.63. The molecule has 0 unspecified atom stereocenters. The fourth-order valence-corrected chi connectivity index (χ4v) is 5.99. The first kappa shape index (κ1) is 22.5. The van der Waals surface area contributed by atoms with Crippen LogP contribution in [0.4, 0.5) is 11.4 Å². The number of anilines is 1. The lowest BCUT2D eigenvalue weighted by Crippen LogP contribution is -2.24. The zero-order chi connectivity index (χ0) is 22.8. The van der Waals surface area contributed by atoms with E-state index in [1.807, 2.05) is 0 Å². The van der Waals surface area contributed by atoms with E-state index in [0.29, 0.717) is 21.9 Å². The minimum absolute atomic E-state index is 0.00645. The summed E-state index contributed by atoms with van der Waals surface area (Å²) in [5.41, 5.74) is 1.14. The lowest BCUT2D eigenvalue weighted by atomic mass is 9.97. The first-order chi connectivity index (χ1) is 15.4. The van der Waals surface area contributed by atoms with Gasteiger partial charge in [0.1, 0.15) is 4.83 Å². The van der Waals surface area contributed by atoms with Gasteiger partial charge in [0, 0.05) is 23.6 Å². The number of carbonyl (C=O) groups is 1. The van der Waals surface area contributed by atoms with Crippen molar-refractivity contribution >= 4 is 62.2 Å². The average molecular weight is 491 g/mol. The van der Waals surface area contributed by atoms with Gasteiger partial charge in [0.15, 0.2) is 5.16 Å². The van der Waals surface area contributed by atoms with Crippen molar-refractivity contribution in [2.75, 3.05) is 11.1 Å². The van der Waals surface area contributed by atoms with E-state index < -0.39 is 4.92 Å². The fourth-order valence-electron chi connectivity index (χ4n) is 3.66. The van der Waals surface area contributed by atoms with Gasteiger partial charge in [-0.25, -0.2) is 4.98 Å². The monoisotopic (exact) mass is 490 g/mol. The molecule has 3 aromatic rings. The van der Waals surface area contributed by atoms with Crippen LogP contribution in [0.1, 0.15) is 23.3 Å². The average Bonchev–Trinajstić information content (AvgIpc) is 3.14. The summed E-state index contributed by atoms with van der Waals surface area (Å²) in [4.78, 5) is 42.6. The molecule has 0 radical (unpaired) electrons. The third-order valence-corrected chi connectivity index (χ3v) is 7.60. The summed E-state index contributed by atoms with van der Waals surface area (Å²) in [7, 11) is 0. The van der Waals surface area contributed by atoms with Crippen molar-refractivity contribution < 1.29 is 9.72 Å². The summed E-state index contributed by atoms with van der Waals surface area (Å²) in [6, 6.07) is 3.84. The van der Waals surface area contributed by atoms with E-state index in [1.165, 1.54) is 23.1 Å². The first-order valence-electron chi connectivity index (χ1n) is 9.91. The van der Waals surface area contributed by atoms with Gasteiger partial charge in [-0.3, -0.25) is 24.3 Å². The van der Waals surface area contributed by atoms with Gasteiger partial charge >= 0.3 is 0 Å². The number of benzene rings is 1. The minimum Gasteiger partial charge on any atom is -0.324 e. The van der Waals surface area contributed by atoms with Gasteiger partial charge in [-0.05, 0) is 37.3 Å². The van der Waals surface area contributed by atoms with Crippen LogP contribution in [0.2, 0.25) is 5.02 Å². The number of aromatic nitrogens is 2. The van der Waals surface area contributed by atoms with E-state index in [9.17, 15) is 19.7 Å². The predicted octanol–water partition coefficient (Wildman–Crippen LogP) is 4.82. The smallest absolute Gasteiger partial charge is 0.271 e. The highest BCUT2D eigenvalue weighted by Gasteiger charge is 2.22. The third kappa shape index (κ3) is 4.43. The molecule has 0 spiro atoms. The summed E-state index contributed by atoms with van der Waals surface area (Å²) in [5, 5.41) is 14.7. The quantitative estimate of drug-likeness (QED) is 0.167. The number of nitrogens with one attached hydrogen (secondary N) is 1. The van der Waals surface area contributed by atoms with Crippen molar-refractivity contribution in [3.05, 3.63) is 66.8 Å². The van der Waals surface area contributed by atoms with Crippen LogP contribution in [0.3, 0.4) is 0 Å². The number of thioether (sulfide) groups is 1. The molecule has 1 aliphatic rings. The maximum absolute atomic E-state index is 13.2. The zero-order valence-electron chi connectivity index (χ0n) is 16.9. The number of nitro benzene ring substituents is 1. The number of non-ortho nitro benzene ring substituents is 1. The second-order valence-electron chi connectivity index (χ2n) is 7.25. The molecule has 166 valence electrons. The second kappa shape index (κ2) is 9.43. The Hall–Kier alpha value is -2.69. The minimum atomic E-state index is -0.559. The van der Waals surface area contributed by atoms with Crippen molar-refractivity contribution in [3.63, 3.8) is 0 Å². The van der Waals surface area contributed by atoms with E-state index in [-0.39, 0.29) is 33.6 Å². The number of carbonyl (C=O) groups excluding carboxylic acids is 1. The van der Waals surface area contributed by atoms with Gasteiger partial charge in [-0.15, -0.1) is 17.9 Å². The molecular formula is C21H19ClN4O4S2. The second-order valence-corrected chi connectivity index (χ2v) is 9.68. The number of aryl methyl sites for hydroxylation is 2. The van der Waals surface area contributed by atoms with Crippen LogP contribution in [-0.2, 0) is 24.2 Å². The van der Waals surface area contributed by atoms with Gasteiger partial charge in [-0.2, -0.15) is 0 Å². The molecule has 11 heteroatoms. The van der Waals surface area contributed by atoms with E-state index in [0.717, 1.165) is 43.0 Å². The first-order valence-corrected chi connectivity index (χ1v) is 12.1. The van der Waals surface area contributed by atoms with Crippen LogP contribution in [0.15, 0.2) is 40.8 Å². The van der Waals surface area contributed by atoms with Crippen molar-refractivity contribution in [2.24, 2.45) is 0 Å². The molecule has 1 amide bonds. The number of nitro groups is 1. The van der Waals surface area contributed by atoms with E-state index in [2.05, 4.69) is 11.9 Å². The maximum Gasteiger partial charge on any atom is 0.271 e. The number of amides is 1. The zero-order valence-corrected chi connectivity index (χ0v) is 19.3. The van der Waals surface area contributed by atoms with E-state index in [4.69, 9.17) is 16.6 Å². The third-order valence-electron chi connectivity index (χ3n) is 5.12. The molecule has 1 aliphatic carbocycles. The van der Waals surface area contributed by atoms with E-state index >= 15 is 0 Å². The Morgan fingerprint density at radius 3 is 2.91 bits per heavy atom. The molecule has 0 fully saturated rings. The number of fused-ring (bicyclic) bond motifs is 3. The van der Waals surface area contributed by atoms with Crippen molar-refractivity contribution in [3.8, 4) is 0 Å². The van der Waals surface area contributed by atoms with Crippen molar-refractivity contribution in [1.29, 1.82) is 0 Å². The highest BCUT2D eigenvalue weighted by molar-refractivity contribution is 7.99. The Balaban J connectivity index is 1.56. The van der Waals surface area contributed by atoms with Crippen LogP contribution < -0.4 is 10.9 Å². The van der Waals surface area contributed by atoms with Crippen LogP contribution in [-0.4, -0.2) is 26.1 Å². The Bertz CT molecular complexity index is 1300. The number of hydrogen-bond acceptors (Lipinski definition) is 7. The maximum atomic E-state index is 13.2.